The van der Waals surface area contributed by atoms with Crippen LogP contribution in [0.25, 0.3) is 6.08 Å². The Morgan fingerprint density at radius 2 is 2.21 bits per heavy atom. The lowest BCUT2D eigenvalue weighted by Crippen LogP contribution is -2.33. The predicted molar refractivity (Wildman–Crippen MR) is 92.0 cm³/mol. The maximum Gasteiger partial charge on any atom is 0.408 e. The zero-order chi connectivity index (χ0) is 16.6. The topological polar surface area (TPSA) is 78.9 Å². The van der Waals surface area contributed by atoms with Crippen LogP contribution in [-0.2, 0) is 16.1 Å². The van der Waals surface area contributed by atoms with Gasteiger partial charge in [0.2, 0.25) is 0 Å². The average Bonchev–Trinajstić information content (AvgIpc) is 3.17. The Labute approximate surface area is 146 Å². The molecular weight excluding hydrogens is 332 g/mol. The lowest BCUT2D eigenvalue weighted by molar-refractivity contribution is -0.142. The quantitative estimate of drug-likeness (QED) is 0.817. The van der Waals surface area contributed by atoms with E-state index < -0.39 is 6.09 Å². The van der Waals surface area contributed by atoms with Gasteiger partial charge in [-0.2, -0.15) is 0 Å². The number of benzene rings is 1. The first-order valence-corrected chi connectivity index (χ1v) is 7.61. The van der Waals surface area contributed by atoms with Crippen molar-refractivity contribution in [2.45, 2.75) is 25.0 Å². The molecule has 24 heavy (non-hydrogen) atoms. The van der Waals surface area contributed by atoms with Crippen LogP contribution >= 0.6 is 12.4 Å². The van der Waals surface area contributed by atoms with E-state index in [-0.39, 0.29) is 36.4 Å². The zero-order valence-corrected chi connectivity index (χ0v) is 14.2. The molecule has 1 unspecified atom stereocenters. The van der Waals surface area contributed by atoms with Gasteiger partial charge in [-0.05, 0) is 29.0 Å². The first-order valence-electron chi connectivity index (χ1n) is 7.61. The van der Waals surface area contributed by atoms with Crippen molar-refractivity contribution < 1.29 is 19.4 Å². The second-order valence-electron chi connectivity index (χ2n) is 5.95. The van der Waals surface area contributed by atoms with Crippen LogP contribution in [0.4, 0.5) is 4.79 Å². The molecule has 7 heteroatoms. The molecule has 2 N–H and O–H groups in total. The van der Waals surface area contributed by atoms with Crippen molar-refractivity contribution in [3.63, 3.8) is 0 Å². The fraction of sp³-hybridized carbons (Fsp3) is 0.412. The number of nitrogens with zero attached hydrogens (tertiary/aromatic N) is 1. The summed E-state index contributed by atoms with van der Waals surface area (Å²) in [4.78, 5) is 24.9. The van der Waals surface area contributed by atoms with Crippen molar-refractivity contribution >= 4 is 30.5 Å². The third-order valence-corrected chi connectivity index (χ3v) is 4.79. The Morgan fingerprint density at radius 3 is 2.83 bits per heavy atom. The monoisotopic (exact) mass is 352 g/mol. The van der Waals surface area contributed by atoms with E-state index >= 15 is 0 Å². The van der Waals surface area contributed by atoms with Gasteiger partial charge in [0.05, 0.1) is 19.7 Å². The molecule has 3 atom stereocenters. The Balaban J connectivity index is 0.00000208. The van der Waals surface area contributed by atoms with E-state index in [1.807, 2.05) is 18.2 Å². The fourth-order valence-electron chi connectivity index (χ4n) is 3.73. The number of carbonyl (C=O) groups excluding carboxylic acids is 1. The maximum absolute atomic E-state index is 11.7. The minimum atomic E-state index is -0.942. The molecule has 0 saturated carbocycles. The number of methoxy groups -OCH3 is 1. The highest BCUT2D eigenvalue weighted by Gasteiger charge is 2.43. The summed E-state index contributed by atoms with van der Waals surface area (Å²) in [5.41, 5.74) is 2.99. The van der Waals surface area contributed by atoms with Gasteiger partial charge in [0.25, 0.3) is 0 Å². The largest absolute Gasteiger partial charge is 0.468 e. The Kier molecular flexibility index (Phi) is 5.51. The number of ether oxygens (including phenoxy) is 1. The summed E-state index contributed by atoms with van der Waals surface area (Å²) in [6.07, 6.45) is 1.38. The Morgan fingerprint density at radius 1 is 1.46 bits per heavy atom. The van der Waals surface area contributed by atoms with Gasteiger partial charge in [-0.25, -0.2) is 4.79 Å². The first kappa shape index (κ1) is 18.3. The normalized spacial score (nSPS) is 24.9. The number of rotatable bonds is 3. The van der Waals surface area contributed by atoms with Crippen molar-refractivity contribution in [1.82, 2.24) is 10.2 Å². The van der Waals surface area contributed by atoms with Crippen molar-refractivity contribution in [3.05, 3.63) is 41.5 Å². The van der Waals surface area contributed by atoms with E-state index in [1.165, 1.54) is 12.0 Å². The van der Waals surface area contributed by atoms with Crippen LogP contribution in [-0.4, -0.2) is 41.8 Å². The molecule has 0 spiro atoms. The third kappa shape index (κ3) is 2.99. The summed E-state index contributed by atoms with van der Waals surface area (Å²) in [6.45, 7) is 4.76. The smallest absolute Gasteiger partial charge is 0.408 e. The lowest BCUT2D eigenvalue weighted by Gasteiger charge is -2.27. The fourth-order valence-corrected chi connectivity index (χ4v) is 3.73. The Hall–Kier alpha value is -2.05. The highest BCUT2D eigenvalue weighted by Crippen LogP contribution is 2.43. The van der Waals surface area contributed by atoms with E-state index in [0.29, 0.717) is 19.5 Å². The molecule has 1 aromatic carbocycles. The van der Waals surface area contributed by atoms with Gasteiger partial charge >= 0.3 is 12.1 Å². The standard InChI is InChI=1S/C17H20N2O4.ClH/c1-3-10-5-4-6-12-13(10)9-19(17(21)22)15(12)11-7-14(18-8-11)16(20)23-2;/h3-6,11,14-15,18H,1,7-9H2,2H3,(H,21,22);1H/t11-,14+,15?;/m1./s1. The van der Waals surface area contributed by atoms with Crippen LogP contribution in [0.5, 0.6) is 0 Å². The number of amides is 1. The number of hydrogen-bond acceptors (Lipinski definition) is 4. The first-order chi connectivity index (χ1) is 11.1. The average molecular weight is 353 g/mol. The molecular formula is C17H21ClN2O4. The van der Waals surface area contributed by atoms with Crippen LogP contribution in [0.15, 0.2) is 24.8 Å². The number of esters is 1. The molecule has 1 saturated heterocycles. The van der Waals surface area contributed by atoms with Crippen LogP contribution in [0.3, 0.4) is 0 Å². The number of nitrogens with one attached hydrogen (secondary N) is 1. The molecule has 1 fully saturated rings. The third-order valence-electron chi connectivity index (χ3n) is 4.79. The molecule has 0 radical (unpaired) electrons. The molecule has 0 bridgehead atoms. The second-order valence-corrected chi connectivity index (χ2v) is 5.95. The molecule has 130 valence electrons. The SMILES string of the molecule is C=Cc1cccc2c1CN(C(=O)O)C2[C@H]1CN[C@H](C(=O)OC)C1.Cl. The lowest BCUT2D eigenvalue weighted by atomic mass is 9.89. The molecule has 0 aromatic heterocycles. The second kappa shape index (κ2) is 7.23. The maximum atomic E-state index is 11.7. The van der Waals surface area contributed by atoms with Crippen LogP contribution < -0.4 is 5.32 Å². The van der Waals surface area contributed by atoms with E-state index in [9.17, 15) is 14.7 Å². The van der Waals surface area contributed by atoms with E-state index in [1.54, 1.807) is 6.08 Å². The Bertz CT molecular complexity index is 664. The molecule has 2 aliphatic heterocycles. The van der Waals surface area contributed by atoms with Gasteiger partial charge < -0.3 is 15.2 Å². The molecule has 1 aromatic rings. The van der Waals surface area contributed by atoms with Gasteiger partial charge in [0, 0.05) is 6.54 Å². The van der Waals surface area contributed by atoms with Crippen molar-refractivity contribution in [2.24, 2.45) is 5.92 Å². The number of halogens is 1. The molecule has 1 amide bonds. The highest BCUT2D eigenvalue weighted by atomic mass is 35.5. The van der Waals surface area contributed by atoms with Crippen LogP contribution in [0.1, 0.15) is 29.2 Å². The van der Waals surface area contributed by atoms with Crippen LogP contribution in [0, 0.1) is 5.92 Å². The number of carboxylic acid groups (broad SMARTS) is 1. The van der Waals surface area contributed by atoms with Gasteiger partial charge in [-0.1, -0.05) is 30.9 Å². The van der Waals surface area contributed by atoms with Gasteiger partial charge in [-0.15, -0.1) is 12.4 Å². The summed E-state index contributed by atoms with van der Waals surface area (Å²) < 4.78 is 4.78. The minimum absolute atomic E-state index is 0. The summed E-state index contributed by atoms with van der Waals surface area (Å²) in [5.74, 6) is -0.260. The van der Waals surface area contributed by atoms with E-state index in [0.717, 1.165) is 16.7 Å². The molecule has 3 rings (SSSR count). The van der Waals surface area contributed by atoms with Crippen molar-refractivity contribution in [1.29, 1.82) is 0 Å². The summed E-state index contributed by atoms with van der Waals surface area (Å²) >= 11 is 0. The van der Waals surface area contributed by atoms with Crippen LogP contribution in [0.2, 0.25) is 0 Å². The van der Waals surface area contributed by atoms with Crippen molar-refractivity contribution in [3.8, 4) is 0 Å². The number of carbonyl (C=O) groups is 2. The number of hydrogen-bond donors (Lipinski definition) is 2. The summed E-state index contributed by atoms with van der Waals surface area (Å²) in [6, 6.07) is 5.23. The highest BCUT2D eigenvalue weighted by molar-refractivity contribution is 5.85. The summed E-state index contributed by atoms with van der Waals surface area (Å²) in [7, 11) is 1.36. The minimum Gasteiger partial charge on any atom is -0.468 e. The van der Waals surface area contributed by atoms with E-state index in [4.69, 9.17) is 4.74 Å². The molecule has 0 aliphatic carbocycles. The number of fused-ring (bicyclic) bond motifs is 1. The molecule has 2 aliphatic rings. The van der Waals surface area contributed by atoms with Gasteiger partial charge in [-0.3, -0.25) is 9.69 Å². The van der Waals surface area contributed by atoms with Crippen molar-refractivity contribution in [2.75, 3.05) is 13.7 Å². The molecule has 2 heterocycles. The zero-order valence-electron chi connectivity index (χ0n) is 13.4. The van der Waals surface area contributed by atoms with Gasteiger partial charge in [0.1, 0.15) is 6.04 Å². The molecule has 6 nitrogen and oxygen atoms in total. The summed E-state index contributed by atoms with van der Waals surface area (Å²) in [5, 5.41) is 12.7. The van der Waals surface area contributed by atoms with Gasteiger partial charge in [0.15, 0.2) is 0 Å². The van der Waals surface area contributed by atoms with E-state index in [2.05, 4.69) is 11.9 Å². The predicted octanol–water partition coefficient (Wildman–Crippen LogP) is 2.44.